The molecule has 1 saturated heterocycles. The lowest BCUT2D eigenvalue weighted by Gasteiger charge is -2.35. The van der Waals surface area contributed by atoms with Gasteiger partial charge in [-0.2, -0.15) is 0 Å². The molecule has 1 aliphatic heterocycles. The summed E-state index contributed by atoms with van der Waals surface area (Å²) in [6.07, 6.45) is 0.510. The van der Waals surface area contributed by atoms with Gasteiger partial charge < -0.3 is 15.8 Å². The van der Waals surface area contributed by atoms with Crippen LogP contribution in [0.1, 0.15) is 35.3 Å². The maximum absolute atomic E-state index is 12.5. The van der Waals surface area contributed by atoms with Gasteiger partial charge in [0, 0.05) is 36.6 Å². The second-order valence-corrected chi connectivity index (χ2v) is 7.18. The first kappa shape index (κ1) is 24.2. The van der Waals surface area contributed by atoms with Crippen LogP contribution in [0.5, 0.6) is 0 Å². The lowest BCUT2D eigenvalue weighted by atomic mass is 10.1. The Labute approximate surface area is 179 Å². The molecule has 3 N–H and O–H groups in total. The van der Waals surface area contributed by atoms with Crippen molar-refractivity contribution >= 4 is 42.1 Å². The van der Waals surface area contributed by atoms with E-state index in [1.807, 2.05) is 43.3 Å². The summed E-state index contributed by atoms with van der Waals surface area (Å²) in [5, 5.41) is 2.93. The molecular weight excluding hydrogens is 397 g/mol. The highest BCUT2D eigenvalue weighted by Gasteiger charge is 2.22. The normalized spacial score (nSPS) is 19.2. The third kappa shape index (κ3) is 6.38. The number of nitrogens with zero attached hydrogens (tertiary/aromatic N) is 1. The maximum Gasteiger partial charge on any atom is 0.255 e. The molecule has 0 spiro atoms. The Hall–Kier alpha value is -1.79. The minimum absolute atomic E-state index is 0. The Morgan fingerprint density at radius 2 is 1.71 bits per heavy atom. The van der Waals surface area contributed by atoms with E-state index in [4.69, 9.17) is 10.5 Å². The van der Waals surface area contributed by atoms with E-state index >= 15 is 0 Å². The fourth-order valence-electron chi connectivity index (χ4n) is 3.40. The van der Waals surface area contributed by atoms with Crippen LogP contribution in [-0.2, 0) is 11.3 Å². The predicted octanol–water partition coefficient (Wildman–Crippen LogP) is 4.28. The Morgan fingerprint density at radius 3 is 2.32 bits per heavy atom. The number of carbonyl (C=O) groups is 1. The smallest absolute Gasteiger partial charge is 0.255 e. The molecule has 3 rings (SSSR count). The van der Waals surface area contributed by atoms with E-state index in [-0.39, 0.29) is 42.9 Å². The van der Waals surface area contributed by atoms with Crippen molar-refractivity contribution in [1.82, 2.24) is 4.90 Å². The minimum atomic E-state index is -0.126. The number of aryl methyl sites for hydroxylation is 1. The molecule has 1 fully saturated rings. The number of benzene rings is 2. The average Bonchev–Trinajstić information content (AvgIpc) is 2.58. The zero-order valence-corrected chi connectivity index (χ0v) is 18.1. The summed E-state index contributed by atoms with van der Waals surface area (Å²) in [6.45, 7) is 8.89. The van der Waals surface area contributed by atoms with Crippen molar-refractivity contribution in [3.8, 4) is 0 Å². The Morgan fingerprint density at radius 1 is 1.11 bits per heavy atom. The van der Waals surface area contributed by atoms with E-state index in [9.17, 15) is 4.79 Å². The van der Waals surface area contributed by atoms with Crippen molar-refractivity contribution in [1.29, 1.82) is 0 Å². The predicted molar refractivity (Wildman–Crippen MR) is 120 cm³/mol. The van der Waals surface area contributed by atoms with Gasteiger partial charge in [0.2, 0.25) is 0 Å². The van der Waals surface area contributed by atoms with E-state index in [0.29, 0.717) is 11.3 Å². The molecule has 154 valence electrons. The summed E-state index contributed by atoms with van der Waals surface area (Å²) in [5.74, 6) is -0.126. The molecule has 2 atom stereocenters. The van der Waals surface area contributed by atoms with Gasteiger partial charge in [-0.15, -0.1) is 24.8 Å². The van der Waals surface area contributed by atoms with Gasteiger partial charge in [0.25, 0.3) is 5.91 Å². The summed E-state index contributed by atoms with van der Waals surface area (Å²) < 4.78 is 5.78. The van der Waals surface area contributed by atoms with E-state index in [1.165, 1.54) is 5.56 Å². The van der Waals surface area contributed by atoms with Gasteiger partial charge >= 0.3 is 0 Å². The van der Waals surface area contributed by atoms with Gasteiger partial charge in [0.05, 0.1) is 12.2 Å². The first-order valence-electron chi connectivity index (χ1n) is 9.05. The van der Waals surface area contributed by atoms with E-state index in [1.54, 1.807) is 6.07 Å². The van der Waals surface area contributed by atoms with E-state index < -0.39 is 0 Å². The summed E-state index contributed by atoms with van der Waals surface area (Å²) in [7, 11) is 0. The highest BCUT2D eigenvalue weighted by Crippen LogP contribution is 2.20. The van der Waals surface area contributed by atoms with Gasteiger partial charge in [-0.25, -0.2) is 0 Å². The van der Waals surface area contributed by atoms with E-state index in [2.05, 4.69) is 24.1 Å². The molecule has 5 nitrogen and oxygen atoms in total. The molecule has 0 bridgehead atoms. The molecule has 0 radical (unpaired) electrons. The SMILES string of the molecule is Cc1ccc(N)cc1NC(=O)c1ccc(CN2CC(C)OC(C)C2)cc1.Cl.Cl. The molecular formula is C21H29Cl2N3O2. The van der Waals surface area contributed by atoms with Crippen LogP contribution in [-0.4, -0.2) is 36.1 Å². The highest BCUT2D eigenvalue weighted by atomic mass is 35.5. The maximum atomic E-state index is 12.5. The molecule has 2 aromatic carbocycles. The largest absolute Gasteiger partial charge is 0.399 e. The van der Waals surface area contributed by atoms with Crippen molar-refractivity contribution < 1.29 is 9.53 Å². The summed E-state index contributed by atoms with van der Waals surface area (Å²) in [4.78, 5) is 14.9. The quantitative estimate of drug-likeness (QED) is 0.717. The fraction of sp³-hybridized carbons (Fsp3) is 0.381. The third-order valence-electron chi connectivity index (χ3n) is 4.63. The van der Waals surface area contributed by atoms with Crippen LogP contribution in [0.25, 0.3) is 0 Å². The van der Waals surface area contributed by atoms with Crippen molar-refractivity contribution in [3.63, 3.8) is 0 Å². The molecule has 1 amide bonds. The van der Waals surface area contributed by atoms with Crippen LogP contribution in [0.3, 0.4) is 0 Å². The zero-order valence-electron chi connectivity index (χ0n) is 16.5. The van der Waals surface area contributed by atoms with Crippen molar-refractivity contribution in [2.45, 2.75) is 39.5 Å². The summed E-state index contributed by atoms with van der Waals surface area (Å²) in [6, 6.07) is 13.3. The molecule has 2 aromatic rings. The molecule has 0 aromatic heterocycles. The van der Waals surface area contributed by atoms with Gasteiger partial charge in [0.15, 0.2) is 0 Å². The minimum Gasteiger partial charge on any atom is -0.399 e. The van der Waals surface area contributed by atoms with E-state index in [0.717, 1.165) is 30.9 Å². The average molecular weight is 426 g/mol. The number of anilines is 2. The van der Waals surface area contributed by atoms with Gasteiger partial charge in [-0.3, -0.25) is 9.69 Å². The lowest BCUT2D eigenvalue weighted by Crippen LogP contribution is -2.44. The number of hydrogen-bond donors (Lipinski definition) is 2. The van der Waals surface area contributed by atoms with Crippen LogP contribution < -0.4 is 11.1 Å². The fourth-order valence-corrected chi connectivity index (χ4v) is 3.40. The number of carbonyl (C=O) groups excluding carboxylic acids is 1. The number of rotatable bonds is 4. The molecule has 1 heterocycles. The van der Waals surface area contributed by atoms with Crippen molar-refractivity contribution in [3.05, 3.63) is 59.2 Å². The molecule has 1 aliphatic rings. The molecule has 7 heteroatoms. The number of nitrogens with two attached hydrogens (primary N) is 1. The second-order valence-electron chi connectivity index (χ2n) is 7.18. The number of morpholine rings is 1. The van der Waals surface area contributed by atoms with Crippen LogP contribution in [0.2, 0.25) is 0 Å². The van der Waals surface area contributed by atoms with Crippen LogP contribution in [0.4, 0.5) is 11.4 Å². The number of amides is 1. The van der Waals surface area contributed by atoms with Crippen LogP contribution >= 0.6 is 24.8 Å². The Bertz CT molecular complexity index is 774. The third-order valence-corrected chi connectivity index (χ3v) is 4.63. The summed E-state index contributed by atoms with van der Waals surface area (Å²) >= 11 is 0. The highest BCUT2D eigenvalue weighted by molar-refractivity contribution is 6.04. The standard InChI is InChI=1S/C21H27N3O2.2ClH/c1-14-4-9-19(22)10-20(14)23-21(25)18-7-5-17(6-8-18)13-24-11-15(2)26-16(3)12-24;;/h4-10,15-16H,11-13,22H2,1-3H3,(H,23,25);2*1H. The number of halogens is 2. The number of nitrogens with one attached hydrogen (secondary N) is 1. The van der Waals surface area contributed by atoms with Crippen LogP contribution in [0.15, 0.2) is 42.5 Å². The molecule has 0 saturated carbocycles. The monoisotopic (exact) mass is 425 g/mol. The molecule has 0 aliphatic carbocycles. The van der Waals surface area contributed by atoms with Crippen molar-refractivity contribution in [2.75, 3.05) is 24.1 Å². The topological polar surface area (TPSA) is 67.6 Å². The number of hydrogen-bond acceptors (Lipinski definition) is 4. The number of ether oxygens (including phenoxy) is 1. The van der Waals surface area contributed by atoms with Gasteiger partial charge in [-0.05, 0) is 56.2 Å². The zero-order chi connectivity index (χ0) is 18.7. The molecule has 28 heavy (non-hydrogen) atoms. The number of nitrogen functional groups attached to an aromatic ring is 1. The Kier molecular flexibility index (Phi) is 9.24. The van der Waals surface area contributed by atoms with Gasteiger partial charge in [0.1, 0.15) is 0 Å². The first-order chi connectivity index (χ1) is 12.4. The summed E-state index contributed by atoms with van der Waals surface area (Å²) in [5.41, 5.74) is 10.0. The van der Waals surface area contributed by atoms with Gasteiger partial charge in [-0.1, -0.05) is 18.2 Å². The molecule has 2 unspecified atom stereocenters. The lowest BCUT2D eigenvalue weighted by molar-refractivity contribution is -0.0704. The first-order valence-corrected chi connectivity index (χ1v) is 9.05. The van der Waals surface area contributed by atoms with Crippen molar-refractivity contribution in [2.24, 2.45) is 0 Å². The second kappa shape index (κ2) is 10.7. The van der Waals surface area contributed by atoms with Crippen LogP contribution in [0, 0.1) is 6.92 Å². The Balaban J connectivity index is 0.00000196.